The summed E-state index contributed by atoms with van der Waals surface area (Å²) in [5.74, 6) is 0.00119. The monoisotopic (exact) mass is 338 g/mol. The van der Waals surface area contributed by atoms with Crippen molar-refractivity contribution in [2.24, 2.45) is 0 Å². The van der Waals surface area contributed by atoms with Crippen molar-refractivity contribution >= 4 is 12.0 Å². The van der Waals surface area contributed by atoms with E-state index in [2.05, 4.69) is 0 Å². The number of hydrogen-bond donors (Lipinski definition) is 0. The van der Waals surface area contributed by atoms with Crippen molar-refractivity contribution in [1.29, 1.82) is 0 Å². The molecule has 0 atom stereocenters. The van der Waals surface area contributed by atoms with E-state index in [1.165, 1.54) is 0 Å². The van der Waals surface area contributed by atoms with E-state index in [0.29, 0.717) is 38.3 Å². The molecule has 2 aromatic rings. The van der Waals surface area contributed by atoms with Gasteiger partial charge in [0, 0.05) is 31.7 Å². The van der Waals surface area contributed by atoms with Gasteiger partial charge >= 0.3 is 6.09 Å². The molecule has 1 aliphatic rings. The van der Waals surface area contributed by atoms with Crippen LogP contribution in [0.15, 0.2) is 54.6 Å². The average Bonchev–Trinajstić information content (AvgIpc) is 2.68. The van der Waals surface area contributed by atoms with E-state index in [1.807, 2.05) is 54.6 Å². The van der Waals surface area contributed by atoms with Gasteiger partial charge in [0.25, 0.3) is 5.91 Å². The van der Waals surface area contributed by atoms with Crippen molar-refractivity contribution in [1.82, 2.24) is 9.80 Å². The molecule has 1 fully saturated rings. The van der Waals surface area contributed by atoms with Gasteiger partial charge < -0.3 is 14.5 Å². The Hall–Kier alpha value is -2.82. The molecular formula is C20H22N2O3. The highest BCUT2D eigenvalue weighted by atomic mass is 16.6. The van der Waals surface area contributed by atoms with Gasteiger partial charge in [-0.3, -0.25) is 4.79 Å². The largest absolute Gasteiger partial charge is 0.450 e. The Kier molecular flexibility index (Phi) is 5.33. The number of nitrogens with zero attached hydrogens (tertiary/aromatic N) is 2. The van der Waals surface area contributed by atoms with E-state index < -0.39 is 0 Å². The molecule has 1 heterocycles. The quantitative estimate of drug-likeness (QED) is 0.863. The van der Waals surface area contributed by atoms with Crippen molar-refractivity contribution in [2.75, 3.05) is 32.8 Å². The predicted octanol–water partition coefficient (Wildman–Crippen LogP) is 3.27. The van der Waals surface area contributed by atoms with Crippen LogP contribution in [0.4, 0.5) is 4.79 Å². The first-order chi connectivity index (χ1) is 12.2. The maximum atomic E-state index is 12.8. The lowest BCUT2D eigenvalue weighted by molar-refractivity contribution is 0.0570. The summed E-state index contributed by atoms with van der Waals surface area (Å²) in [5, 5.41) is 0. The highest BCUT2D eigenvalue weighted by Gasteiger charge is 2.25. The van der Waals surface area contributed by atoms with Gasteiger partial charge in [-0.1, -0.05) is 42.5 Å². The Morgan fingerprint density at radius 3 is 2.20 bits per heavy atom. The molecular weight excluding hydrogens is 316 g/mol. The van der Waals surface area contributed by atoms with Gasteiger partial charge in [0.05, 0.1) is 6.61 Å². The molecule has 0 bridgehead atoms. The Morgan fingerprint density at radius 1 is 0.880 bits per heavy atom. The lowest BCUT2D eigenvalue weighted by Gasteiger charge is -2.34. The fraction of sp³-hybridized carbons (Fsp3) is 0.300. The minimum absolute atomic E-state index is 0.00119. The van der Waals surface area contributed by atoms with Crippen LogP contribution in [0, 0.1) is 0 Å². The third kappa shape index (κ3) is 3.99. The topological polar surface area (TPSA) is 49.9 Å². The summed E-state index contributed by atoms with van der Waals surface area (Å²) in [4.78, 5) is 28.0. The molecule has 1 aliphatic heterocycles. The number of amides is 2. The van der Waals surface area contributed by atoms with Crippen LogP contribution in [0.5, 0.6) is 0 Å². The van der Waals surface area contributed by atoms with Gasteiger partial charge in [-0.2, -0.15) is 0 Å². The summed E-state index contributed by atoms with van der Waals surface area (Å²) < 4.78 is 5.01. The summed E-state index contributed by atoms with van der Waals surface area (Å²) >= 11 is 0. The van der Waals surface area contributed by atoms with Gasteiger partial charge in [0.2, 0.25) is 0 Å². The molecule has 0 unspecified atom stereocenters. The Labute approximate surface area is 147 Å². The minimum atomic E-state index is -0.305. The summed E-state index contributed by atoms with van der Waals surface area (Å²) in [5.41, 5.74) is 2.78. The zero-order valence-corrected chi connectivity index (χ0v) is 14.4. The van der Waals surface area contributed by atoms with Crippen LogP contribution in [0.3, 0.4) is 0 Å². The standard InChI is InChI=1S/C20H22N2O3/c1-2-25-20(24)22-13-11-21(12-14-22)19(23)18-10-6-9-17(15-18)16-7-4-3-5-8-16/h3-10,15H,2,11-14H2,1H3. The SMILES string of the molecule is CCOC(=O)N1CCN(C(=O)c2cccc(-c3ccccc3)c2)CC1. The lowest BCUT2D eigenvalue weighted by Crippen LogP contribution is -2.50. The number of benzene rings is 2. The van der Waals surface area contributed by atoms with Crippen molar-refractivity contribution < 1.29 is 14.3 Å². The molecule has 25 heavy (non-hydrogen) atoms. The summed E-state index contributed by atoms with van der Waals surface area (Å²) in [6.45, 7) is 4.20. The summed E-state index contributed by atoms with van der Waals surface area (Å²) in [6.07, 6.45) is -0.305. The highest BCUT2D eigenvalue weighted by molar-refractivity contribution is 5.95. The molecule has 1 saturated heterocycles. The molecule has 2 aromatic carbocycles. The molecule has 3 rings (SSSR count). The number of carbonyl (C=O) groups excluding carboxylic acids is 2. The van der Waals surface area contributed by atoms with Crippen molar-refractivity contribution in [2.45, 2.75) is 6.92 Å². The Bertz CT molecular complexity index is 738. The van der Waals surface area contributed by atoms with Crippen molar-refractivity contribution in [3.63, 3.8) is 0 Å². The Balaban J connectivity index is 1.67. The van der Waals surface area contributed by atoms with Crippen LogP contribution in [-0.2, 0) is 4.74 Å². The smallest absolute Gasteiger partial charge is 0.409 e. The molecule has 130 valence electrons. The maximum Gasteiger partial charge on any atom is 0.409 e. The molecule has 0 spiro atoms. The van der Waals surface area contributed by atoms with Crippen molar-refractivity contribution in [3.05, 3.63) is 60.2 Å². The number of carbonyl (C=O) groups is 2. The number of hydrogen-bond acceptors (Lipinski definition) is 3. The van der Waals surface area contributed by atoms with E-state index in [0.717, 1.165) is 11.1 Å². The minimum Gasteiger partial charge on any atom is -0.450 e. The predicted molar refractivity (Wildman–Crippen MR) is 96.4 cm³/mol. The maximum absolute atomic E-state index is 12.8. The molecule has 5 heteroatoms. The van der Waals surface area contributed by atoms with E-state index in [4.69, 9.17) is 4.74 Å². The first kappa shape index (κ1) is 17.0. The third-order valence-corrected chi connectivity index (χ3v) is 4.31. The van der Waals surface area contributed by atoms with Gasteiger partial charge in [0.15, 0.2) is 0 Å². The summed E-state index contributed by atoms with van der Waals surface area (Å²) in [7, 11) is 0. The number of rotatable bonds is 3. The second-order valence-electron chi connectivity index (χ2n) is 5.92. The number of ether oxygens (including phenoxy) is 1. The van der Waals surface area contributed by atoms with Crippen LogP contribution in [-0.4, -0.2) is 54.6 Å². The van der Waals surface area contributed by atoms with Gasteiger partial charge in [-0.15, -0.1) is 0 Å². The zero-order chi connectivity index (χ0) is 17.6. The molecule has 0 radical (unpaired) electrons. The second kappa shape index (κ2) is 7.83. The Morgan fingerprint density at radius 2 is 1.52 bits per heavy atom. The van der Waals surface area contributed by atoms with Crippen molar-refractivity contribution in [3.8, 4) is 11.1 Å². The molecule has 0 aliphatic carbocycles. The first-order valence-electron chi connectivity index (χ1n) is 8.55. The zero-order valence-electron chi connectivity index (χ0n) is 14.4. The molecule has 0 saturated carbocycles. The van der Waals surface area contributed by atoms with E-state index in [9.17, 15) is 9.59 Å². The van der Waals surface area contributed by atoms with Crippen LogP contribution >= 0.6 is 0 Å². The van der Waals surface area contributed by atoms with Crippen LogP contribution in [0.1, 0.15) is 17.3 Å². The average molecular weight is 338 g/mol. The van der Waals surface area contributed by atoms with E-state index in [-0.39, 0.29) is 12.0 Å². The second-order valence-corrected chi connectivity index (χ2v) is 5.92. The molecule has 0 N–H and O–H groups in total. The normalized spacial score (nSPS) is 14.3. The lowest BCUT2D eigenvalue weighted by atomic mass is 10.0. The van der Waals surface area contributed by atoms with E-state index in [1.54, 1.807) is 16.7 Å². The highest BCUT2D eigenvalue weighted by Crippen LogP contribution is 2.21. The van der Waals surface area contributed by atoms with Gasteiger partial charge in [-0.05, 0) is 30.2 Å². The third-order valence-electron chi connectivity index (χ3n) is 4.31. The molecule has 0 aromatic heterocycles. The molecule has 2 amide bonds. The van der Waals surface area contributed by atoms with E-state index >= 15 is 0 Å². The van der Waals surface area contributed by atoms with Crippen LogP contribution in [0.25, 0.3) is 11.1 Å². The van der Waals surface area contributed by atoms with Crippen LogP contribution < -0.4 is 0 Å². The molecule has 5 nitrogen and oxygen atoms in total. The first-order valence-corrected chi connectivity index (χ1v) is 8.55. The summed E-state index contributed by atoms with van der Waals surface area (Å²) in [6, 6.07) is 17.7. The van der Waals surface area contributed by atoms with Crippen LogP contribution in [0.2, 0.25) is 0 Å². The fourth-order valence-corrected chi connectivity index (χ4v) is 2.95. The van der Waals surface area contributed by atoms with Gasteiger partial charge in [0.1, 0.15) is 0 Å². The fourth-order valence-electron chi connectivity index (χ4n) is 2.95. The number of piperazine rings is 1. The van der Waals surface area contributed by atoms with Gasteiger partial charge in [-0.25, -0.2) is 4.79 Å².